The zero-order valence-corrected chi connectivity index (χ0v) is 11.5. The molecule has 0 bridgehead atoms. The molecule has 0 spiro atoms. The first kappa shape index (κ1) is 12.1. The monoisotopic (exact) mass is 282 g/mol. The number of hydrogen-bond acceptors (Lipinski definition) is 4. The Bertz CT molecular complexity index is 906. The summed E-state index contributed by atoms with van der Waals surface area (Å²) in [5.41, 5.74) is 1.48. The van der Waals surface area contributed by atoms with Crippen molar-refractivity contribution in [2.75, 3.05) is 0 Å². The molecule has 21 heavy (non-hydrogen) atoms. The summed E-state index contributed by atoms with van der Waals surface area (Å²) in [6.07, 6.45) is 2.12. The van der Waals surface area contributed by atoms with Crippen molar-refractivity contribution in [2.45, 2.75) is 25.7 Å². The van der Waals surface area contributed by atoms with Crippen LogP contribution >= 0.6 is 0 Å². The van der Waals surface area contributed by atoms with E-state index >= 15 is 0 Å². The van der Waals surface area contributed by atoms with Crippen LogP contribution in [0.25, 0.3) is 16.9 Å². The Balaban J connectivity index is 2.01. The lowest BCUT2D eigenvalue weighted by Gasteiger charge is -2.07. The molecule has 2 heterocycles. The molecule has 0 unspecified atom stereocenters. The summed E-state index contributed by atoms with van der Waals surface area (Å²) < 4.78 is 1.32. The van der Waals surface area contributed by atoms with Crippen LogP contribution < -0.4 is 5.56 Å². The van der Waals surface area contributed by atoms with E-state index in [9.17, 15) is 9.90 Å². The summed E-state index contributed by atoms with van der Waals surface area (Å²) in [4.78, 5) is 19.3. The molecule has 0 amide bonds. The highest BCUT2D eigenvalue weighted by atomic mass is 16.3. The van der Waals surface area contributed by atoms with Crippen LogP contribution in [-0.2, 0) is 0 Å². The molecule has 0 saturated heterocycles. The lowest BCUT2D eigenvalue weighted by molar-refractivity contribution is 0.436. The lowest BCUT2D eigenvalue weighted by atomic mass is 10.0. The molecule has 2 aromatic heterocycles. The predicted octanol–water partition coefficient (Wildman–Crippen LogP) is 1.98. The maximum atomic E-state index is 12.3. The van der Waals surface area contributed by atoms with Gasteiger partial charge in [-0.1, -0.05) is 24.3 Å². The molecule has 4 rings (SSSR count). The number of benzene rings is 1. The summed E-state index contributed by atoms with van der Waals surface area (Å²) in [6.45, 7) is 1.90. The molecule has 1 aromatic carbocycles. The number of nitrogens with zero attached hydrogens (tertiary/aromatic N) is 3. The van der Waals surface area contributed by atoms with Crippen LogP contribution in [0.5, 0.6) is 5.88 Å². The highest BCUT2D eigenvalue weighted by molar-refractivity contribution is 5.71. The van der Waals surface area contributed by atoms with Crippen LogP contribution in [0.2, 0.25) is 0 Å². The molecular formula is C15H14N4O2. The fourth-order valence-electron chi connectivity index (χ4n) is 2.54. The van der Waals surface area contributed by atoms with Crippen LogP contribution in [0.3, 0.4) is 0 Å². The van der Waals surface area contributed by atoms with E-state index in [4.69, 9.17) is 0 Å². The maximum absolute atomic E-state index is 12.3. The standard InChI is InChI=1S/C15H14N4O2/c1-8-4-2-3-5-10(8)11-13(20)17-15-16-12(9-6-7-9)18-19(15)14(11)21/h2-5,9,21H,6-7H2,1H3,(H,16,17,18,20). The van der Waals surface area contributed by atoms with Crippen molar-refractivity contribution in [3.63, 3.8) is 0 Å². The van der Waals surface area contributed by atoms with Gasteiger partial charge >= 0.3 is 0 Å². The number of H-pyrrole nitrogens is 1. The molecule has 3 aromatic rings. The molecule has 1 fully saturated rings. The minimum Gasteiger partial charge on any atom is -0.493 e. The highest BCUT2D eigenvalue weighted by Crippen LogP contribution is 2.38. The summed E-state index contributed by atoms with van der Waals surface area (Å²) in [6, 6.07) is 7.44. The van der Waals surface area contributed by atoms with Gasteiger partial charge in [-0.2, -0.15) is 9.50 Å². The summed E-state index contributed by atoms with van der Waals surface area (Å²) in [5.74, 6) is 1.16. The fourth-order valence-corrected chi connectivity index (χ4v) is 2.54. The van der Waals surface area contributed by atoms with Crippen molar-refractivity contribution in [3.8, 4) is 17.0 Å². The van der Waals surface area contributed by atoms with Crippen molar-refractivity contribution in [1.82, 2.24) is 19.6 Å². The summed E-state index contributed by atoms with van der Waals surface area (Å²) in [5, 5.41) is 14.8. The van der Waals surface area contributed by atoms with E-state index in [0.29, 0.717) is 17.3 Å². The summed E-state index contributed by atoms with van der Waals surface area (Å²) in [7, 11) is 0. The number of nitrogens with one attached hydrogen (secondary N) is 1. The van der Waals surface area contributed by atoms with Crippen molar-refractivity contribution >= 4 is 5.78 Å². The zero-order valence-electron chi connectivity index (χ0n) is 11.5. The first-order chi connectivity index (χ1) is 10.1. The van der Waals surface area contributed by atoms with E-state index in [-0.39, 0.29) is 22.8 Å². The lowest BCUT2D eigenvalue weighted by Crippen LogP contribution is -2.13. The van der Waals surface area contributed by atoms with E-state index in [1.54, 1.807) is 0 Å². The first-order valence-corrected chi connectivity index (χ1v) is 6.93. The third-order valence-corrected chi connectivity index (χ3v) is 3.86. The Morgan fingerprint density at radius 1 is 1.33 bits per heavy atom. The third-order valence-electron chi connectivity index (χ3n) is 3.86. The number of aromatic amines is 1. The van der Waals surface area contributed by atoms with Gasteiger partial charge in [-0.25, -0.2) is 0 Å². The predicted molar refractivity (Wildman–Crippen MR) is 77.4 cm³/mol. The minimum atomic E-state index is -0.357. The molecule has 0 radical (unpaired) electrons. The molecule has 1 aliphatic rings. The SMILES string of the molecule is Cc1ccccc1-c1c(O)n2nc(C3CC3)nc2[nH]c1=O. The van der Waals surface area contributed by atoms with E-state index in [1.807, 2.05) is 31.2 Å². The van der Waals surface area contributed by atoms with Gasteiger partial charge in [-0.15, -0.1) is 5.10 Å². The molecule has 2 N–H and O–H groups in total. The Hall–Kier alpha value is -2.63. The average Bonchev–Trinajstić information content (AvgIpc) is 3.22. The fraction of sp³-hybridized carbons (Fsp3) is 0.267. The number of fused-ring (bicyclic) bond motifs is 1. The number of rotatable bonds is 2. The molecule has 6 heteroatoms. The van der Waals surface area contributed by atoms with Crippen LogP contribution in [0.4, 0.5) is 0 Å². The van der Waals surface area contributed by atoms with Gasteiger partial charge in [0.25, 0.3) is 5.56 Å². The number of aromatic hydroxyl groups is 1. The van der Waals surface area contributed by atoms with Gasteiger partial charge in [0.1, 0.15) is 5.56 Å². The van der Waals surface area contributed by atoms with Crippen LogP contribution in [0.15, 0.2) is 29.1 Å². The second-order valence-electron chi connectivity index (χ2n) is 5.45. The van der Waals surface area contributed by atoms with Gasteiger partial charge in [-0.3, -0.25) is 9.78 Å². The topological polar surface area (TPSA) is 83.3 Å². The van der Waals surface area contributed by atoms with E-state index in [2.05, 4.69) is 15.1 Å². The number of aromatic nitrogens is 4. The van der Waals surface area contributed by atoms with Crippen molar-refractivity contribution in [2.24, 2.45) is 0 Å². The van der Waals surface area contributed by atoms with Crippen molar-refractivity contribution in [3.05, 3.63) is 46.0 Å². The summed E-state index contributed by atoms with van der Waals surface area (Å²) >= 11 is 0. The largest absolute Gasteiger partial charge is 0.493 e. The van der Waals surface area contributed by atoms with Crippen molar-refractivity contribution in [1.29, 1.82) is 0 Å². The minimum absolute atomic E-state index is 0.164. The molecule has 6 nitrogen and oxygen atoms in total. The van der Waals surface area contributed by atoms with Crippen LogP contribution in [0.1, 0.15) is 30.1 Å². The van der Waals surface area contributed by atoms with Gasteiger partial charge in [0, 0.05) is 5.92 Å². The number of aryl methyl sites for hydroxylation is 1. The van der Waals surface area contributed by atoms with E-state index in [0.717, 1.165) is 18.4 Å². The van der Waals surface area contributed by atoms with E-state index in [1.165, 1.54) is 4.52 Å². The molecule has 0 atom stereocenters. The van der Waals surface area contributed by atoms with Crippen LogP contribution in [-0.4, -0.2) is 24.7 Å². The smallest absolute Gasteiger partial charge is 0.264 e. The van der Waals surface area contributed by atoms with Crippen molar-refractivity contribution < 1.29 is 5.11 Å². The van der Waals surface area contributed by atoms with E-state index < -0.39 is 0 Å². The quantitative estimate of drug-likeness (QED) is 0.752. The van der Waals surface area contributed by atoms with Gasteiger partial charge in [0.15, 0.2) is 5.82 Å². The second kappa shape index (κ2) is 4.18. The molecular weight excluding hydrogens is 268 g/mol. The van der Waals surface area contributed by atoms with Gasteiger partial charge in [0.05, 0.1) is 0 Å². The Labute approximate surface area is 120 Å². The maximum Gasteiger partial charge on any atom is 0.264 e. The normalized spacial score (nSPS) is 14.7. The highest BCUT2D eigenvalue weighted by Gasteiger charge is 2.29. The molecule has 1 aliphatic carbocycles. The Kier molecular flexibility index (Phi) is 2.42. The molecule has 0 aliphatic heterocycles. The van der Waals surface area contributed by atoms with Gasteiger partial charge in [0.2, 0.25) is 11.7 Å². The first-order valence-electron chi connectivity index (χ1n) is 6.93. The van der Waals surface area contributed by atoms with Gasteiger partial charge in [-0.05, 0) is 30.9 Å². The van der Waals surface area contributed by atoms with Gasteiger partial charge < -0.3 is 5.11 Å². The Morgan fingerprint density at radius 3 is 2.81 bits per heavy atom. The number of hydrogen-bond donors (Lipinski definition) is 2. The molecule has 106 valence electrons. The third kappa shape index (κ3) is 1.83. The average molecular weight is 282 g/mol. The second-order valence-corrected chi connectivity index (χ2v) is 5.45. The van der Waals surface area contributed by atoms with Crippen LogP contribution in [0, 0.1) is 6.92 Å². The Morgan fingerprint density at radius 2 is 2.10 bits per heavy atom. The molecule has 1 saturated carbocycles. The zero-order chi connectivity index (χ0) is 14.6.